The Labute approximate surface area is 117 Å². The Hall–Kier alpha value is -0.320. The quantitative estimate of drug-likeness (QED) is 0.904. The number of hydrogen-bond acceptors (Lipinski definition) is 3. The smallest absolute Gasteiger partial charge is 0.159 e. The minimum atomic E-state index is -0.0924. The highest BCUT2D eigenvalue weighted by Crippen LogP contribution is 2.24. The molecule has 5 heteroatoms. The first-order valence-corrected chi connectivity index (χ1v) is 6.79. The van der Waals surface area contributed by atoms with Gasteiger partial charge in [-0.1, -0.05) is 29.3 Å². The van der Waals surface area contributed by atoms with Crippen molar-refractivity contribution in [3.05, 3.63) is 33.8 Å². The van der Waals surface area contributed by atoms with E-state index in [1.54, 1.807) is 0 Å². The molecule has 1 heterocycles. The average Bonchev–Trinajstić information content (AvgIpc) is 2.86. The van der Waals surface area contributed by atoms with E-state index in [2.05, 4.69) is 5.32 Å². The summed E-state index contributed by atoms with van der Waals surface area (Å²) in [6.07, 6.45) is 1.61. The lowest BCUT2D eigenvalue weighted by Gasteiger charge is -2.19. The van der Waals surface area contributed by atoms with Crippen LogP contribution in [0.5, 0.6) is 0 Å². The number of ether oxygens (including phenoxy) is 2. The van der Waals surface area contributed by atoms with Crippen LogP contribution in [0.4, 0.5) is 0 Å². The van der Waals surface area contributed by atoms with E-state index < -0.39 is 0 Å². The third-order valence-electron chi connectivity index (χ3n) is 3.04. The van der Waals surface area contributed by atoms with Crippen LogP contribution in [0.1, 0.15) is 12.0 Å². The third kappa shape index (κ3) is 3.84. The SMILES string of the molecule is CNC(Cc1ccc(Cl)c(Cl)c1)CC1OCCO1. The maximum atomic E-state index is 6.01. The number of likely N-dealkylation sites (N-methyl/N-ethyl adjacent to an activating group) is 1. The van der Waals surface area contributed by atoms with E-state index in [9.17, 15) is 0 Å². The van der Waals surface area contributed by atoms with Crippen LogP contribution in [0.2, 0.25) is 10.0 Å². The highest BCUT2D eigenvalue weighted by molar-refractivity contribution is 6.42. The summed E-state index contributed by atoms with van der Waals surface area (Å²) in [5.74, 6) is 0. The molecule has 18 heavy (non-hydrogen) atoms. The van der Waals surface area contributed by atoms with Crippen molar-refractivity contribution in [3.63, 3.8) is 0 Å². The Morgan fingerprint density at radius 2 is 2.00 bits per heavy atom. The summed E-state index contributed by atoms with van der Waals surface area (Å²) in [6.45, 7) is 1.38. The zero-order chi connectivity index (χ0) is 13.0. The van der Waals surface area contributed by atoms with Crippen LogP contribution in [-0.4, -0.2) is 32.6 Å². The molecular weight excluding hydrogens is 273 g/mol. The number of rotatable bonds is 5. The Bertz CT molecular complexity index is 395. The summed E-state index contributed by atoms with van der Waals surface area (Å²) in [4.78, 5) is 0. The van der Waals surface area contributed by atoms with Gasteiger partial charge < -0.3 is 14.8 Å². The van der Waals surface area contributed by atoms with Gasteiger partial charge in [-0.05, 0) is 31.2 Å². The monoisotopic (exact) mass is 289 g/mol. The van der Waals surface area contributed by atoms with Crippen LogP contribution in [0.15, 0.2) is 18.2 Å². The summed E-state index contributed by atoms with van der Waals surface area (Å²) in [5.41, 5.74) is 1.15. The highest BCUT2D eigenvalue weighted by atomic mass is 35.5. The maximum absolute atomic E-state index is 6.01. The van der Waals surface area contributed by atoms with Gasteiger partial charge in [0.05, 0.1) is 23.3 Å². The molecule has 1 aliphatic heterocycles. The van der Waals surface area contributed by atoms with Crippen molar-refractivity contribution in [2.45, 2.75) is 25.2 Å². The Morgan fingerprint density at radius 3 is 2.61 bits per heavy atom. The second kappa shape index (κ2) is 6.73. The molecule has 1 aromatic rings. The lowest BCUT2D eigenvalue weighted by Crippen LogP contribution is -2.32. The molecule has 0 aliphatic carbocycles. The molecule has 0 aromatic heterocycles. The van der Waals surface area contributed by atoms with Crippen LogP contribution >= 0.6 is 23.2 Å². The summed E-state index contributed by atoms with van der Waals surface area (Å²) in [6, 6.07) is 6.03. The van der Waals surface area contributed by atoms with Crippen molar-refractivity contribution in [1.29, 1.82) is 0 Å². The molecule has 1 N–H and O–H groups in total. The predicted octanol–water partition coefficient (Wildman–Crippen LogP) is 2.89. The van der Waals surface area contributed by atoms with Gasteiger partial charge in [0.15, 0.2) is 6.29 Å². The second-order valence-corrected chi connectivity index (χ2v) is 5.16. The first-order valence-electron chi connectivity index (χ1n) is 6.03. The lowest BCUT2D eigenvalue weighted by atomic mass is 10.0. The molecule has 0 amide bonds. The fourth-order valence-corrected chi connectivity index (χ4v) is 2.35. The predicted molar refractivity (Wildman–Crippen MR) is 73.3 cm³/mol. The molecule has 1 atom stereocenters. The molecule has 1 fully saturated rings. The Morgan fingerprint density at radius 1 is 1.28 bits per heavy atom. The van der Waals surface area contributed by atoms with Crippen LogP contribution < -0.4 is 5.32 Å². The molecule has 0 spiro atoms. The summed E-state index contributed by atoms with van der Waals surface area (Å²) >= 11 is 11.9. The molecule has 1 aromatic carbocycles. The minimum absolute atomic E-state index is 0.0924. The largest absolute Gasteiger partial charge is 0.350 e. The van der Waals surface area contributed by atoms with Crippen LogP contribution in [0.3, 0.4) is 0 Å². The van der Waals surface area contributed by atoms with E-state index in [1.807, 2.05) is 25.2 Å². The van der Waals surface area contributed by atoms with Crippen molar-refractivity contribution in [2.24, 2.45) is 0 Å². The van der Waals surface area contributed by atoms with Gasteiger partial charge in [0, 0.05) is 12.5 Å². The first kappa shape index (κ1) is 14.1. The van der Waals surface area contributed by atoms with Crippen molar-refractivity contribution < 1.29 is 9.47 Å². The van der Waals surface area contributed by atoms with Gasteiger partial charge in [0.2, 0.25) is 0 Å². The van der Waals surface area contributed by atoms with E-state index in [0.29, 0.717) is 29.3 Å². The molecule has 100 valence electrons. The van der Waals surface area contributed by atoms with Gasteiger partial charge in [0.1, 0.15) is 0 Å². The maximum Gasteiger partial charge on any atom is 0.159 e. The van der Waals surface area contributed by atoms with Gasteiger partial charge in [-0.2, -0.15) is 0 Å². The Balaban J connectivity index is 1.94. The number of hydrogen-bond donors (Lipinski definition) is 1. The summed E-state index contributed by atoms with van der Waals surface area (Å²) in [5, 5.41) is 4.46. The van der Waals surface area contributed by atoms with E-state index in [0.717, 1.165) is 18.4 Å². The van der Waals surface area contributed by atoms with Gasteiger partial charge in [0.25, 0.3) is 0 Å². The van der Waals surface area contributed by atoms with Crippen molar-refractivity contribution in [1.82, 2.24) is 5.32 Å². The van der Waals surface area contributed by atoms with E-state index in [4.69, 9.17) is 32.7 Å². The van der Waals surface area contributed by atoms with Gasteiger partial charge in [-0.3, -0.25) is 0 Å². The molecule has 1 unspecified atom stereocenters. The van der Waals surface area contributed by atoms with E-state index in [1.165, 1.54) is 0 Å². The minimum Gasteiger partial charge on any atom is -0.350 e. The van der Waals surface area contributed by atoms with Crippen molar-refractivity contribution >= 4 is 23.2 Å². The molecule has 0 saturated carbocycles. The van der Waals surface area contributed by atoms with Crippen molar-refractivity contribution in [2.75, 3.05) is 20.3 Å². The van der Waals surface area contributed by atoms with Gasteiger partial charge >= 0.3 is 0 Å². The molecule has 0 bridgehead atoms. The number of nitrogens with one attached hydrogen (secondary N) is 1. The van der Waals surface area contributed by atoms with Gasteiger partial charge in [-0.15, -0.1) is 0 Å². The standard InChI is InChI=1S/C13H17Cl2NO2/c1-16-10(8-13-17-4-5-18-13)6-9-2-3-11(14)12(15)7-9/h2-3,7,10,13,16H,4-6,8H2,1H3. The average molecular weight is 290 g/mol. The molecular formula is C13H17Cl2NO2. The Kier molecular flexibility index (Phi) is 5.27. The van der Waals surface area contributed by atoms with Crippen LogP contribution in [0.25, 0.3) is 0 Å². The van der Waals surface area contributed by atoms with Crippen LogP contribution in [-0.2, 0) is 15.9 Å². The molecule has 1 saturated heterocycles. The number of benzene rings is 1. The highest BCUT2D eigenvalue weighted by Gasteiger charge is 2.20. The first-order chi connectivity index (χ1) is 8.69. The summed E-state index contributed by atoms with van der Waals surface area (Å²) < 4.78 is 10.9. The molecule has 3 nitrogen and oxygen atoms in total. The molecule has 1 aliphatic rings. The van der Waals surface area contributed by atoms with E-state index >= 15 is 0 Å². The topological polar surface area (TPSA) is 30.5 Å². The summed E-state index contributed by atoms with van der Waals surface area (Å²) in [7, 11) is 1.94. The zero-order valence-electron chi connectivity index (χ0n) is 10.3. The lowest BCUT2D eigenvalue weighted by molar-refractivity contribution is -0.0522. The van der Waals surface area contributed by atoms with Crippen molar-refractivity contribution in [3.8, 4) is 0 Å². The van der Waals surface area contributed by atoms with Crippen LogP contribution in [0, 0.1) is 0 Å². The zero-order valence-corrected chi connectivity index (χ0v) is 11.8. The molecule has 2 rings (SSSR count). The fourth-order valence-electron chi connectivity index (χ4n) is 2.03. The normalized spacial score (nSPS) is 18.2. The van der Waals surface area contributed by atoms with Gasteiger partial charge in [-0.25, -0.2) is 0 Å². The van der Waals surface area contributed by atoms with E-state index in [-0.39, 0.29) is 6.29 Å². The number of halogens is 2. The third-order valence-corrected chi connectivity index (χ3v) is 3.78. The second-order valence-electron chi connectivity index (χ2n) is 4.35. The molecule has 0 radical (unpaired) electrons. The fraction of sp³-hybridized carbons (Fsp3) is 0.538.